The number of pyridine rings is 2. The predicted octanol–water partition coefficient (Wildman–Crippen LogP) is 4.74. The SMILES string of the molecule is CC(C)Nc1cncc(-c2ccc3[nH]nc(-c4cc5c(N6CCN(C)CC6)ccnc5[nH]4)c3c2)c1. The molecule has 0 spiro atoms. The van der Waals surface area contributed by atoms with Crippen LogP contribution in [0.1, 0.15) is 13.8 Å². The van der Waals surface area contributed by atoms with Gasteiger partial charge in [0.2, 0.25) is 0 Å². The quantitative estimate of drug-likeness (QED) is 0.347. The van der Waals surface area contributed by atoms with Gasteiger partial charge in [-0.25, -0.2) is 4.98 Å². The molecular weight excluding hydrogens is 436 g/mol. The number of anilines is 2. The first-order valence-corrected chi connectivity index (χ1v) is 12.2. The monoisotopic (exact) mass is 466 g/mol. The maximum absolute atomic E-state index is 4.67. The summed E-state index contributed by atoms with van der Waals surface area (Å²) in [6.45, 7) is 8.42. The number of nitrogens with one attached hydrogen (secondary N) is 3. The average Bonchev–Trinajstić information content (AvgIpc) is 3.48. The second kappa shape index (κ2) is 8.70. The van der Waals surface area contributed by atoms with Crippen LogP contribution in [0.2, 0.25) is 0 Å². The lowest BCUT2D eigenvalue weighted by Gasteiger charge is -2.34. The maximum Gasteiger partial charge on any atom is 0.139 e. The number of fused-ring (bicyclic) bond motifs is 2. The van der Waals surface area contributed by atoms with Gasteiger partial charge in [0.05, 0.1) is 16.9 Å². The first-order valence-electron chi connectivity index (χ1n) is 12.2. The molecule has 1 aliphatic rings. The van der Waals surface area contributed by atoms with Crippen LogP contribution in [0, 0.1) is 0 Å². The Balaban J connectivity index is 1.39. The number of hydrogen-bond acceptors (Lipinski definition) is 6. The first kappa shape index (κ1) is 21.6. The van der Waals surface area contributed by atoms with Crippen LogP contribution >= 0.6 is 0 Å². The summed E-state index contributed by atoms with van der Waals surface area (Å²) < 4.78 is 0. The van der Waals surface area contributed by atoms with Crippen molar-refractivity contribution in [3.8, 4) is 22.5 Å². The Bertz CT molecular complexity index is 1490. The Morgan fingerprint density at radius 2 is 1.80 bits per heavy atom. The zero-order valence-electron chi connectivity index (χ0n) is 20.3. The molecule has 35 heavy (non-hydrogen) atoms. The summed E-state index contributed by atoms with van der Waals surface area (Å²) >= 11 is 0. The Morgan fingerprint density at radius 1 is 0.943 bits per heavy atom. The average molecular weight is 467 g/mol. The molecule has 6 rings (SSSR count). The van der Waals surface area contributed by atoms with Crippen molar-refractivity contribution in [2.75, 3.05) is 43.4 Å². The molecule has 0 amide bonds. The van der Waals surface area contributed by atoms with Gasteiger partial charge in [-0.1, -0.05) is 6.07 Å². The highest BCUT2D eigenvalue weighted by atomic mass is 15.2. The van der Waals surface area contributed by atoms with Crippen molar-refractivity contribution in [2.24, 2.45) is 0 Å². The fourth-order valence-electron chi connectivity index (χ4n) is 4.87. The molecule has 5 heterocycles. The highest BCUT2D eigenvalue weighted by molar-refractivity contribution is 5.99. The van der Waals surface area contributed by atoms with Gasteiger partial charge < -0.3 is 20.1 Å². The predicted molar refractivity (Wildman–Crippen MR) is 143 cm³/mol. The van der Waals surface area contributed by atoms with E-state index in [1.165, 1.54) is 5.69 Å². The fourth-order valence-corrected chi connectivity index (χ4v) is 4.87. The second-order valence-corrected chi connectivity index (χ2v) is 9.66. The van der Waals surface area contributed by atoms with Crippen molar-refractivity contribution in [1.29, 1.82) is 0 Å². The third kappa shape index (κ3) is 4.10. The van der Waals surface area contributed by atoms with Crippen molar-refractivity contribution in [2.45, 2.75) is 19.9 Å². The fraction of sp³-hybridized carbons (Fsp3) is 0.296. The van der Waals surface area contributed by atoms with Crippen molar-refractivity contribution < 1.29 is 0 Å². The topological polar surface area (TPSA) is 88.8 Å². The molecule has 8 nitrogen and oxygen atoms in total. The lowest BCUT2D eigenvalue weighted by molar-refractivity contribution is 0.313. The van der Waals surface area contributed by atoms with Crippen LogP contribution in [-0.2, 0) is 0 Å². The lowest BCUT2D eigenvalue weighted by atomic mass is 10.0. The minimum atomic E-state index is 0.348. The number of aromatic amines is 2. The number of rotatable bonds is 5. The van der Waals surface area contributed by atoms with Crippen LogP contribution in [0.4, 0.5) is 11.4 Å². The number of aromatic nitrogens is 5. The van der Waals surface area contributed by atoms with E-state index < -0.39 is 0 Å². The minimum absolute atomic E-state index is 0.348. The summed E-state index contributed by atoms with van der Waals surface area (Å²) in [5.41, 5.74) is 8.17. The van der Waals surface area contributed by atoms with Gasteiger partial charge >= 0.3 is 0 Å². The van der Waals surface area contributed by atoms with E-state index in [-0.39, 0.29) is 0 Å². The van der Waals surface area contributed by atoms with Gasteiger partial charge in [0.1, 0.15) is 11.3 Å². The van der Waals surface area contributed by atoms with E-state index in [1.807, 2.05) is 18.6 Å². The van der Waals surface area contributed by atoms with Gasteiger partial charge in [-0.3, -0.25) is 10.1 Å². The second-order valence-electron chi connectivity index (χ2n) is 9.66. The number of H-pyrrole nitrogens is 2. The summed E-state index contributed by atoms with van der Waals surface area (Å²) in [5, 5.41) is 13.5. The zero-order valence-corrected chi connectivity index (χ0v) is 20.3. The zero-order chi connectivity index (χ0) is 23.9. The summed E-state index contributed by atoms with van der Waals surface area (Å²) in [7, 11) is 2.18. The van der Waals surface area contributed by atoms with E-state index >= 15 is 0 Å². The largest absolute Gasteiger partial charge is 0.382 e. The number of benzene rings is 1. The molecule has 0 saturated carbocycles. The van der Waals surface area contributed by atoms with Gasteiger partial charge in [-0.05, 0) is 56.8 Å². The van der Waals surface area contributed by atoms with Crippen LogP contribution in [0.15, 0.2) is 55.0 Å². The van der Waals surface area contributed by atoms with Gasteiger partial charge in [0.15, 0.2) is 0 Å². The smallest absolute Gasteiger partial charge is 0.139 e. The van der Waals surface area contributed by atoms with E-state index in [0.717, 1.165) is 76.3 Å². The number of hydrogen-bond donors (Lipinski definition) is 3. The molecule has 4 aromatic heterocycles. The van der Waals surface area contributed by atoms with Gasteiger partial charge in [-0.15, -0.1) is 0 Å². The van der Waals surface area contributed by atoms with Gasteiger partial charge in [0, 0.05) is 72.8 Å². The molecule has 1 aromatic carbocycles. The third-order valence-electron chi connectivity index (χ3n) is 6.70. The molecule has 0 atom stereocenters. The Morgan fingerprint density at radius 3 is 2.63 bits per heavy atom. The van der Waals surface area contributed by atoms with Crippen molar-refractivity contribution >= 4 is 33.3 Å². The van der Waals surface area contributed by atoms with E-state index in [0.29, 0.717) is 6.04 Å². The van der Waals surface area contributed by atoms with Crippen LogP contribution in [0.25, 0.3) is 44.5 Å². The third-order valence-corrected chi connectivity index (χ3v) is 6.70. The number of likely N-dealkylation sites (N-methyl/N-ethyl adjacent to an activating group) is 1. The van der Waals surface area contributed by atoms with E-state index in [9.17, 15) is 0 Å². The number of nitrogens with zero attached hydrogens (tertiary/aromatic N) is 5. The molecular formula is C27H30N8. The first-order chi connectivity index (χ1) is 17.0. The van der Waals surface area contributed by atoms with Gasteiger partial charge in [-0.2, -0.15) is 5.10 Å². The summed E-state index contributed by atoms with van der Waals surface area (Å²) in [6.07, 6.45) is 5.66. The summed E-state index contributed by atoms with van der Waals surface area (Å²) in [5.74, 6) is 0. The maximum atomic E-state index is 4.67. The Kier molecular flexibility index (Phi) is 5.37. The normalized spacial score (nSPS) is 14.9. The van der Waals surface area contributed by atoms with Crippen molar-refractivity contribution in [3.05, 3.63) is 55.0 Å². The molecule has 5 aromatic rings. The molecule has 0 aliphatic carbocycles. The van der Waals surface area contributed by atoms with E-state index in [4.69, 9.17) is 0 Å². The summed E-state index contributed by atoms with van der Waals surface area (Å²) in [6, 6.07) is 13.2. The highest BCUT2D eigenvalue weighted by Crippen LogP contribution is 2.34. The minimum Gasteiger partial charge on any atom is -0.382 e. The molecule has 1 fully saturated rings. The van der Waals surface area contributed by atoms with Crippen LogP contribution < -0.4 is 10.2 Å². The van der Waals surface area contributed by atoms with Crippen LogP contribution in [0.3, 0.4) is 0 Å². The lowest BCUT2D eigenvalue weighted by Crippen LogP contribution is -2.44. The highest BCUT2D eigenvalue weighted by Gasteiger charge is 2.19. The Hall–Kier alpha value is -3.91. The van der Waals surface area contributed by atoms with Crippen molar-refractivity contribution in [1.82, 2.24) is 30.0 Å². The van der Waals surface area contributed by atoms with Crippen LogP contribution in [-0.4, -0.2) is 69.3 Å². The molecule has 0 unspecified atom stereocenters. The molecule has 178 valence electrons. The Labute approximate surface area is 204 Å². The molecule has 1 saturated heterocycles. The molecule has 0 bridgehead atoms. The summed E-state index contributed by atoms with van der Waals surface area (Å²) in [4.78, 5) is 17.4. The molecule has 0 radical (unpaired) electrons. The molecule has 1 aliphatic heterocycles. The van der Waals surface area contributed by atoms with E-state index in [1.54, 1.807) is 0 Å². The van der Waals surface area contributed by atoms with Crippen molar-refractivity contribution in [3.63, 3.8) is 0 Å². The van der Waals surface area contributed by atoms with Gasteiger partial charge in [0.25, 0.3) is 0 Å². The molecule has 3 N–H and O–H groups in total. The molecule has 8 heteroatoms. The van der Waals surface area contributed by atoms with Crippen LogP contribution in [0.5, 0.6) is 0 Å². The number of piperazine rings is 1. The van der Waals surface area contributed by atoms with E-state index in [2.05, 4.69) is 97.6 Å². The standard InChI is InChI=1S/C27H30N8/c1-17(2)30-20-12-19(15-28-16-20)18-4-5-23-21(13-18)26(33-32-23)24-14-22-25(6-7-29-27(22)31-24)35-10-8-34(3)9-11-35/h4-7,12-17,30H,8-11H2,1-3H3,(H,29,31)(H,32,33).